The van der Waals surface area contributed by atoms with Gasteiger partial charge in [-0.3, -0.25) is 5.41 Å². The number of nitrogens with two attached hydrogens (primary N) is 1. The summed E-state index contributed by atoms with van der Waals surface area (Å²) in [4.78, 5) is 27.5. The van der Waals surface area contributed by atoms with Gasteiger partial charge in [0.2, 0.25) is 0 Å². The van der Waals surface area contributed by atoms with Crippen LogP contribution < -0.4 is 30.2 Å². The molecule has 0 saturated heterocycles. The Hall–Kier alpha value is -6.52. The van der Waals surface area contributed by atoms with Crippen molar-refractivity contribution in [2.24, 2.45) is 0 Å². The minimum absolute atomic E-state index is 0.177. The van der Waals surface area contributed by atoms with Crippen molar-refractivity contribution < 1.29 is 18.9 Å². The van der Waals surface area contributed by atoms with Gasteiger partial charge in [-0.2, -0.15) is 0 Å². The second-order valence-corrected chi connectivity index (χ2v) is 17.5. The van der Waals surface area contributed by atoms with E-state index in [1.807, 2.05) is 41.0 Å². The molecule has 14 nitrogen and oxygen atoms in total. The Morgan fingerprint density at radius 3 is 1.73 bits per heavy atom. The summed E-state index contributed by atoms with van der Waals surface area (Å²) in [7, 11) is 6.57. The second-order valence-electron chi connectivity index (χ2n) is 15.5. The smallest absolute Gasteiger partial charge is 0.175 e. The highest BCUT2D eigenvalue weighted by molar-refractivity contribution is 7.99. The summed E-state index contributed by atoms with van der Waals surface area (Å²) in [6, 6.07) is 20.2. The van der Waals surface area contributed by atoms with Gasteiger partial charge in [0.25, 0.3) is 0 Å². The number of fused-ring (bicyclic) bond motifs is 2. The van der Waals surface area contributed by atoms with Crippen molar-refractivity contribution in [2.45, 2.75) is 87.6 Å². The highest BCUT2D eigenvalue weighted by atomic mass is 32.2. The maximum Gasteiger partial charge on any atom is 0.175 e. The normalized spacial score (nSPS) is 11.2. The number of nitrogens with zero attached hydrogens (tertiary/aromatic N) is 7. The van der Waals surface area contributed by atoms with Gasteiger partial charge in [0.1, 0.15) is 34.8 Å². The zero-order chi connectivity index (χ0) is 45.7. The van der Waals surface area contributed by atoms with Crippen molar-refractivity contribution in [3.05, 3.63) is 123 Å². The summed E-state index contributed by atoms with van der Waals surface area (Å²) in [5.41, 5.74) is 19.4. The number of hydrogen-bond acceptors (Lipinski definition) is 13. The molecular formula is C48H54N10O4S2. The lowest BCUT2D eigenvalue weighted by atomic mass is 9.97. The van der Waals surface area contributed by atoms with Crippen molar-refractivity contribution in [2.75, 3.05) is 34.2 Å². The molecule has 0 aliphatic heterocycles. The van der Waals surface area contributed by atoms with Crippen LogP contribution in [0.25, 0.3) is 22.3 Å². The third-order valence-electron chi connectivity index (χ3n) is 11.0. The molecule has 4 heterocycles. The summed E-state index contributed by atoms with van der Waals surface area (Å²) >= 11 is 2.94. The number of H-pyrrole nitrogens is 1. The molecule has 0 saturated carbocycles. The van der Waals surface area contributed by atoms with Gasteiger partial charge in [0.05, 0.1) is 44.6 Å². The highest BCUT2D eigenvalue weighted by Gasteiger charge is 2.19. The second kappa shape index (κ2) is 19.9. The highest BCUT2D eigenvalue weighted by Crippen LogP contribution is 2.39. The van der Waals surface area contributed by atoms with Gasteiger partial charge in [-0.05, 0) is 148 Å². The molecule has 4 aromatic carbocycles. The predicted octanol–water partition coefficient (Wildman–Crippen LogP) is 9.32. The Balaban J connectivity index is 0.000000191. The Labute approximate surface area is 381 Å². The van der Waals surface area contributed by atoms with E-state index in [0.717, 1.165) is 68.6 Å². The van der Waals surface area contributed by atoms with E-state index in [9.17, 15) is 0 Å². The van der Waals surface area contributed by atoms with E-state index in [1.165, 1.54) is 74.4 Å². The number of imidazole rings is 2. The van der Waals surface area contributed by atoms with Crippen LogP contribution in [0.4, 0.5) is 5.82 Å². The van der Waals surface area contributed by atoms with Crippen LogP contribution in [0.15, 0.2) is 93.4 Å². The van der Waals surface area contributed by atoms with Gasteiger partial charge in [-0.1, -0.05) is 35.4 Å². The molecule has 4 N–H and O–H groups in total. The number of nitrogen functional groups attached to an aromatic ring is 1. The average Bonchev–Trinajstić information content (AvgIpc) is 3.86. The quantitative estimate of drug-likeness (QED) is 0.0944. The van der Waals surface area contributed by atoms with Crippen LogP contribution in [0.2, 0.25) is 0 Å². The maximum atomic E-state index is 8.23. The molecule has 0 atom stereocenters. The van der Waals surface area contributed by atoms with E-state index >= 15 is 0 Å². The predicted molar refractivity (Wildman–Crippen MR) is 254 cm³/mol. The van der Waals surface area contributed by atoms with Gasteiger partial charge >= 0.3 is 0 Å². The number of benzene rings is 4. The van der Waals surface area contributed by atoms with E-state index in [0.29, 0.717) is 28.6 Å². The number of anilines is 1. The Morgan fingerprint density at radius 1 is 0.641 bits per heavy atom. The molecule has 4 aromatic heterocycles. The summed E-state index contributed by atoms with van der Waals surface area (Å²) in [5.74, 6) is 3.35. The van der Waals surface area contributed by atoms with Crippen LogP contribution in [0.3, 0.4) is 0 Å². The molecule has 332 valence electrons. The minimum Gasteiger partial charge on any atom is -0.497 e. The summed E-state index contributed by atoms with van der Waals surface area (Å²) in [5, 5.41) is 9.68. The van der Waals surface area contributed by atoms with E-state index in [1.54, 1.807) is 34.8 Å². The Kier molecular flexibility index (Phi) is 14.1. The standard InChI is InChI=1S/2C24H27N5O2S/c1-14-10-15(2)18(16(3)11-14)8-9-29-13-26-22(25)21-23(29)28-24(27-21)32-20-12-17(30-4)6-7-19(20)31-5;1-14-10-15(2)18(16(3)11-14)8-9-29-23-21(22(25)26-13-27-23)28-24(29)32-20-12-17(30-4)6-7-19(20)31-5/h6-7,10-13,25H,8-9H2,1-5H3,(H,27,28);6-7,10-13H,8-9H2,1-5H3,(H2,25,26,27). The SMILES string of the molecule is COc1ccc(OC)c(Sc2nc3c(N)ncnc3n2CCc2c(C)cc(C)cc2C)c1.COc1ccc(OC)c(Sc2nc3c([nH]2)c(=N)ncn3CCc2c(C)cc(C)cc2C)c1. The molecule has 8 rings (SSSR count). The van der Waals surface area contributed by atoms with Crippen molar-refractivity contribution in [1.29, 1.82) is 5.41 Å². The fourth-order valence-electron chi connectivity index (χ4n) is 7.98. The largest absolute Gasteiger partial charge is 0.497 e. The fraction of sp³-hybridized carbons (Fsp3) is 0.292. The van der Waals surface area contributed by atoms with Crippen LogP contribution in [-0.2, 0) is 25.9 Å². The lowest BCUT2D eigenvalue weighted by Crippen LogP contribution is -2.14. The number of aromatic amines is 1. The minimum atomic E-state index is 0.177. The lowest BCUT2D eigenvalue weighted by molar-refractivity contribution is 0.394. The number of methoxy groups -OCH3 is 4. The first-order chi connectivity index (χ1) is 30.8. The first kappa shape index (κ1) is 45.5. The fourth-order valence-corrected chi connectivity index (χ4v) is 9.95. The summed E-state index contributed by atoms with van der Waals surface area (Å²) in [6.07, 6.45) is 4.91. The molecule has 0 unspecified atom stereocenters. The first-order valence-corrected chi connectivity index (χ1v) is 22.3. The topological polar surface area (TPSA) is 177 Å². The van der Waals surface area contributed by atoms with E-state index in [-0.39, 0.29) is 5.49 Å². The molecule has 0 spiro atoms. The molecule has 64 heavy (non-hydrogen) atoms. The maximum absolute atomic E-state index is 8.23. The summed E-state index contributed by atoms with van der Waals surface area (Å²) < 4.78 is 25.9. The number of aromatic nitrogens is 8. The number of hydrogen-bond donors (Lipinski definition) is 3. The van der Waals surface area contributed by atoms with Crippen LogP contribution in [0.5, 0.6) is 23.0 Å². The number of ether oxygens (including phenoxy) is 4. The van der Waals surface area contributed by atoms with Crippen LogP contribution in [0.1, 0.15) is 44.5 Å². The average molecular weight is 899 g/mol. The van der Waals surface area contributed by atoms with Gasteiger partial charge < -0.3 is 38.8 Å². The Bertz CT molecular complexity index is 2990. The van der Waals surface area contributed by atoms with Crippen molar-refractivity contribution in [3.63, 3.8) is 0 Å². The van der Waals surface area contributed by atoms with Crippen molar-refractivity contribution in [3.8, 4) is 23.0 Å². The van der Waals surface area contributed by atoms with E-state index in [4.69, 9.17) is 40.1 Å². The zero-order valence-corrected chi connectivity index (χ0v) is 39.5. The molecule has 8 aromatic rings. The summed E-state index contributed by atoms with van der Waals surface area (Å²) in [6.45, 7) is 14.3. The number of nitrogens with one attached hydrogen (secondary N) is 2. The van der Waals surface area contributed by atoms with Crippen LogP contribution in [-0.4, -0.2) is 67.5 Å². The molecule has 0 aliphatic rings. The van der Waals surface area contributed by atoms with Gasteiger partial charge in [-0.25, -0.2) is 24.9 Å². The molecule has 16 heteroatoms. The molecular weight excluding hydrogens is 845 g/mol. The third kappa shape index (κ3) is 9.98. The van der Waals surface area contributed by atoms with E-state index in [2.05, 4.69) is 90.3 Å². The van der Waals surface area contributed by atoms with E-state index < -0.39 is 0 Å². The molecule has 0 fully saturated rings. The van der Waals surface area contributed by atoms with Crippen LogP contribution >= 0.6 is 23.5 Å². The van der Waals surface area contributed by atoms with Crippen molar-refractivity contribution in [1.82, 2.24) is 39.0 Å². The van der Waals surface area contributed by atoms with Gasteiger partial charge in [0.15, 0.2) is 38.4 Å². The van der Waals surface area contributed by atoms with Crippen molar-refractivity contribution >= 4 is 51.7 Å². The zero-order valence-electron chi connectivity index (χ0n) is 37.9. The monoisotopic (exact) mass is 898 g/mol. The van der Waals surface area contributed by atoms with Gasteiger partial charge in [0, 0.05) is 13.1 Å². The molecule has 0 aliphatic carbocycles. The number of rotatable bonds is 14. The number of aryl methyl sites for hydroxylation is 8. The molecule has 0 radical (unpaired) electrons. The molecule has 0 amide bonds. The third-order valence-corrected chi connectivity index (χ3v) is 13.0. The van der Waals surface area contributed by atoms with Crippen LogP contribution in [0, 0.1) is 47.0 Å². The lowest BCUT2D eigenvalue weighted by Gasteiger charge is -2.14. The Morgan fingerprint density at radius 2 is 1.19 bits per heavy atom. The first-order valence-electron chi connectivity index (χ1n) is 20.7. The van der Waals surface area contributed by atoms with Gasteiger partial charge in [-0.15, -0.1) is 0 Å². The molecule has 0 bridgehead atoms.